The average molecular weight is 939 g/mol. The van der Waals surface area contributed by atoms with Crippen molar-refractivity contribution < 1.29 is 72.7 Å². The van der Waals surface area contributed by atoms with E-state index >= 15 is 0 Å². The van der Waals surface area contributed by atoms with Crippen molar-refractivity contribution in [1.82, 2.24) is 4.90 Å². The van der Waals surface area contributed by atoms with E-state index in [9.17, 15) is 30.0 Å². The van der Waals surface area contributed by atoms with E-state index in [1.54, 1.807) is 48.5 Å². The smallest absolute Gasteiger partial charge is 0.311 e. The van der Waals surface area contributed by atoms with Gasteiger partial charge in [-0.3, -0.25) is 9.59 Å². The van der Waals surface area contributed by atoms with Crippen LogP contribution >= 0.6 is 0 Å². The predicted octanol–water partition coefficient (Wildman–Crippen LogP) is 5.02. The van der Waals surface area contributed by atoms with Crippen LogP contribution in [0.1, 0.15) is 115 Å². The highest BCUT2D eigenvalue weighted by molar-refractivity contribution is 5.88. The molecule has 17 nitrogen and oxygen atoms in total. The molecule has 18 atom stereocenters. The van der Waals surface area contributed by atoms with E-state index in [0.717, 1.165) is 5.75 Å². The van der Waals surface area contributed by atoms with Crippen molar-refractivity contribution in [1.29, 1.82) is 0 Å². The number of hydrogen-bond donors (Lipinski definition) is 4. The first-order valence-electron chi connectivity index (χ1n) is 23.9. The molecule has 3 fully saturated rings. The second-order valence-electron chi connectivity index (χ2n) is 19.6. The third-order valence-corrected chi connectivity index (χ3v) is 14.1. The van der Waals surface area contributed by atoms with E-state index in [2.05, 4.69) is 5.16 Å². The topological polar surface area (TPSA) is 214 Å². The molecule has 0 aliphatic carbocycles. The minimum absolute atomic E-state index is 0.0251. The third kappa shape index (κ3) is 13.6. The molecule has 0 spiro atoms. The fourth-order valence-corrected chi connectivity index (χ4v) is 10.1. The normalized spacial score (nSPS) is 41.5. The molecule has 66 heavy (non-hydrogen) atoms. The molecule has 0 bridgehead atoms. The van der Waals surface area contributed by atoms with Gasteiger partial charge in [-0.15, -0.1) is 0 Å². The van der Waals surface area contributed by atoms with Gasteiger partial charge < -0.3 is 68.1 Å². The molecule has 17 heteroatoms. The summed E-state index contributed by atoms with van der Waals surface area (Å²) in [5, 5.41) is 53.6. The van der Waals surface area contributed by atoms with Crippen LogP contribution in [0.2, 0.25) is 0 Å². The van der Waals surface area contributed by atoms with Gasteiger partial charge in [0.25, 0.3) is 0 Å². The summed E-state index contributed by atoms with van der Waals surface area (Å²) in [4.78, 5) is 34.6. The molecule has 4 N–H and O–H groups in total. The molecule has 1 aromatic carbocycles. The monoisotopic (exact) mass is 939 g/mol. The lowest BCUT2D eigenvalue weighted by molar-refractivity contribution is -0.318. The average Bonchev–Trinajstić information content (AvgIpc) is 3.26. The van der Waals surface area contributed by atoms with Crippen molar-refractivity contribution in [3.05, 3.63) is 30.3 Å². The lowest BCUT2D eigenvalue weighted by Gasteiger charge is -2.49. The minimum atomic E-state index is -1.98. The van der Waals surface area contributed by atoms with E-state index in [-0.39, 0.29) is 38.0 Å². The van der Waals surface area contributed by atoms with Crippen LogP contribution in [0.3, 0.4) is 0 Å². The highest BCUT2D eigenvalue weighted by Gasteiger charge is 2.54. The van der Waals surface area contributed by atoms with Gasteiger partial charge in [0.15, 0.2) is 18.7 Å². The van der Waals surface area contributed by atoms with Crippen molar-refractivity contribution in [2.75, 3.05) is 33.9 Å². The number of carbonyl (C=O) groups is 2. The Balaban J connectivity index is 1.81. The quantitative estimate of drug-likeness (QED) is 0.103. The van der Waals surface area contributed by atoms with Crippen LogP contribution < -0.4 is 4.74 Å². The van der Waals surface area contributed by atoms with Gasteiger partial charge in [0.05, 0.1) is 54.4 Å². The van der Waals surface area contributed by atoms with Crippen LogP contribution in [0.15, 0.2) is 35.5 Å². The van der Waals surface area contributed by atoms with Gasteiger partial charge in [0.2, 0.25) is 0 Å². The maximum Gasteiger partial charge on any atom is 0.311 e. The molecular weight excluding hydrogens is 857 g/mol. The first-order valence-corrected chi connectivity index (χ1v) is 23.9. The van der Waals surface area contributed by atoms with E-state index in [0.29, 0.717) is 31.7 Å². The molecule has 0 saturated carbocycles. The Morgan fingerprint density at radius 1 is 0.924 bits per heavy atom. The first-order chi connectivity index (χ1) is 30.9. The number of esters is 2. The Hall–Kier alpha value is -2.97. The molecule has 0 aromatic heterocycles. The van der Waals surface area contributed by atoms with E-state index in [4.69, 9.17) is 42.7 Å². The van der Waals surface area contributed by atoms with E-state index < -0.39 is 108 Å². The summed E-state index contributed by atoms with van der Waals surface area (Å²) >= 11 is 0. The zero-order valence-corrected chi connectivity index (χ0v) is 41.9. The molecule has 4 rings (SSSR count). The van der Waals surface area contributed by atoms with Gasteiger partial charge in [0, 0.05) is 50.7 Å². The second-order valence-corrected chi connectivity index (χ2v) is 19.6. The summed E-state index contributed by atoms with van der Waals surface area (Å²) in [7, 11) is 3.43. The highest BCUT2D eigenvalue weighted by Crippen LogP contribution is 2.41. The van der Waals surface area contributed by atoms with Crippen molar-refractivity contribution in [3.8, 4) is 5.75 Å². The van der Waals surface area contributed by atoms with Gasteiger partial charge in [-0.25, -0.2) is 0 Å². The van der Waals surface area contributed by atoms with Crippen molar-refractivity contribution in [2.24, 2.45) is 28.8 Å². The highest BCUT2D eigenvalue weighted by atomic mass is 16.7. The third-order valence-electron chi connectivity index (χ3n) is 14.1. The van der Waals surface area contributed by atoms with Crippen molar-refractivity contribution >= 4 is 17.7 Å². The van der Waals surface area contributed by atoms with Crippen molar-refractivity contribution in [2.45, 2.75) is 199 Å². The number of cyclic esters (lactones) is 1. The van der Waals surface area contributed by atoms with Gasteiger partial charge in [-0.2, -0.15) is 0 Å². The Morgan fingerprint density at radius 3 is 2.20 bits per heavy atom. The van der Waals surface area contributed by atoms with Crippen LogP contribution in [-0.4, -0.2) is 161 Å². The number of aliphatic hydroxyl groups excluding tert-OH is 2. The largest absolute Gasteiger partial charge is 0.493 e. The van der Waals surface area contributed by atoms with Crippen molar-refractivity contribution in [3.63, 3.8) is 0 Å². The molecular formula is C49H82N2O15. The Bertz CT molecular complexity index is 1700. The van der Waals surface area contributed by atoms with Crippen LogP contribution in [0, 0.1) is 23.7 Å². The number of likely N-dealkylation sites (N-methyl/N-ethyl adjacent to an activating group) is 1. The predicted molar refractivity (Wildman–Crippen MR) is 245 cm³/mol. The summed E-state index contributed by atoms with van der Waals surface area (Å²) in [6.45, 7) is 21.7. The summed E-state index contributed by atoms with van der Waals surface area (Å²) in [5.41, 5.74) is -4.48. The number of ether oxygens (including phenoxy) is 8. The lowest BCUT2D eigenvalue weighted by atomic mass is 9.73. The summed E-state index contributed by atoms with van der Waals surface area (Å²) < 4.78 is 50.0. The van der Waals surface area contributed by atoms with Crippen LogP contribution in [-0.2, 0) is 47.6 Å². The zero-order valence-electron chi connectivity index (χ0n) is 41.9. The Kier molecular flexibility index (Phi) is 20.3. The number of methoxy groups -OCH3 is 1. The minimum Gasteiger partial charge on any atom is -0.493 e. The SMILES string of the molecule is CC[C@H]1OC(=O)[C@H](C)[C@@H](O[C@H]2C[C@@](C)(OC)[C@@H](OC(C)=O)[C@H](C)O2)C(C)[C@@H](O[C@@H]2O[C@H](C)C[C@H](N(C)CC)[C@H]2O)[C@](C)(O)C[C@@H](C)/C(=N\OCCCOc2ccccc2)[C@H](C)[C@@H](O)[C@]1(C)O. The second kappa shape index (κ2) is 24.0. The molecule has 378 valence electrons. The number of rotatable bonds is 15. The Labute approximate surface area is 392 Å². The molecule has 0 radical (unpaired) electrons. The standard InChI is InChI=1S/C49H82N2O15/c1-15-37-49(12,57)42(54)30(5)39(50-60-24-20-23-59-35-21-18-17-19-22-35)28(3)26-47(10,56)43(66-46-40(53)36(51(13)16-2)25-29(4)61-46)31(6)41(32(7)45(55)64-37)65-38-27-48(11,58-14)44(33(8)62-38)63-34(9)52/h17-19,21-22,28-33,36-38,40-44,46,53-54,56-57H,15-16,20,23-27H2,1-14H3/b50-39+/t28-,29-,30+,31?,32-,33+,36+,37-,38+,40-,41+,42-,43-,44+,46+,47-,48-,49-/m1/s1. The first kappa shape index (κ1) is 55.6. The number of nitrogens with zero attached hydrogens (tertiary/aromatic N) is 2. The fourth-order valence-electron chi connectivity index (χ4n) is 10.1. The van der Waals surface area contributed by atoms with Gasteiger partial charge in [-0.05, 0) is 86.5 Å². The van der Waals surface area contributed by atoms with Crippen LogP contribution in [0.25, 0.3) is 0 Å². The maximum absolute atomic E-state index is 14.5. The number of carbonyl (C=O) groups excluding carboxylic acids is 2. The van der Waals surface area contributed by atoms with Gasteiger partial charge >= 0.3 is 11.9 Å². The number of hydrogen-bond acceptors (Lipinski definition) is 17. The fraction of sp³-hybridized carbons (Fsp3) is 0.816. The summed E-state index contributed by atoms with van der Waals surface area (Å²) in [5.74, 6) is -3.96. The van der Waals surface area contributed by atoms with Gasteiger partial charge in [0.1, 0.15) is 35.8 Å². The van der Waals surface area contributed by atoms with Crippen LogP contribution in [0.4, 0.5) is 0 Å². The number of benzene rings is 1. The maximum atomic E-state index is 14.5. The molecule has 3 saturated heterocycles. The summed E-state index contributed by atoms with van der Waals surface area (Å²) in [6.07, 6.45) is -8.95. The van der Waals surface area contributed by atoms with Gasteiger partial charge in [-0.1, -0.05) is 58.0 Å². The lowest BCUT2D eigenvalue weighted by Crippen LogP contribution is -2.61. The summed E-state index contributed by atoms with van der Waals surface area (Å²) in [6, 6.07) is 9.07. The molecule has 1 unspecified atom stereocenters. The number of oxime groups is 1. The zero-order chi connectivity index (χ0) is 49.3. The van der Waals surface area contributed by atoms with E-state index in [1.165, 1.54) is 21.0 Å². The molecule has 3 heterocycles. The number of para-hydroxylation sites is 1. The van der Waals surface area contributed by atoms with E-state index in [1.807, 2.05) is 63.1 Å². The molecule has 3 aliphatic rings. The molecule has 3 aliphatic heterocycles. The number of aliphatic hydroxyl groups is 4. The molecule has 1 aromatic rings. The molecule has 0 amide bonds. The Morgan fingerprint density at radius 2 is 1.59 bits per heavy atom. The van der Waals surface area contributed by atoms with Crippen LogP contribution in [0.5, 0.6) is 5.75 Å².